The number of nitrogens with zero attached hydrogens (tertiary/aromatic N) is 4. The van der Waals surface area contributed by atoms with Gasteiger partial charge in [0.2, 0.25) is 0 Å². The molecule has 0 N–H and O–H groups in total. The molecule has 5 aromatic heterocycles. The molecule has 0 saturated carbocycles. The van der Waals surface area contributed by atoms with Gasteiger partial charge in [-0.3, -0.25) is 0 Å². The van der Waals surface area contributed by atoms with E-state index in [-0.39, 0.29) is 0 Å². The van der Waals surface area contributed by atoms with Gasteiger partial charge in [-0.05, 0) is 105 Å². The summed E-state index contributed by atoms with van der Waals surface area (Å²) in [6.45, 7) is 0. The molecule has 324 valence electrons. The molecule has 11 aromatic carbocycles. The maximum absolute atomic E-state index is 6.92. The molecule has 0 radical (unpaired) electrons. The van der Waals surface area contributed by atoms with Crippen molar-refractivity contribution in [2.45, 2.75) is 0 Å². The fourth-order valence-corrected chi connectivity index (χ4v) is 13.4. The average Bonchev–Trinajstić information content (AvgIpc) is 4.17. The summed E-state index contributed by atoms with van der Waals surface area (Å²) in [5, 5.41) is 16.5. The minimum Gasteiger partial charge on any atom is -0.455 e. The molecule has 0 atom stereocenters. The van der Waals surface area contributed by atoms with Gasteiger partial charge < -0.3 is 8.98 Å². The highest BCUT2D eigenvalue weighted by Gasteiger charge is 2.23. The molecule has 0 saturated heterocycles. The molecule has 70 heavy (non-hydrogen) atoms. The highest BCUT2D eigenvalue weighted by atomic mass is 32.1. The average molecular weight is 927 g/mol. The molecule has 0 fully saturated rings. The molecule has 0 aliphatic carbocycles. The molecule has 0 amide bonds. The number of hydrogen-bond acceptors (Lipinski definition) is 6. The van der Waals surface area contributed by atoms with E-state index in [0.29, 0.717) is 17.5 Å². The molecule has 0 bridgehead atoms. The first-order chi connectivity index (χ1) is 34.6. The quantitative estimate of drug-likeness (QED) is 0.176. The number of fused-ring (bicyclic) bond motifs is 16. The third-order valence-electron chi connectivity index (χ3n) is 14.4. The van der Waals surface area contributed by atoms with Gasteiger partial charge in [-0.15, -0.1) is 22.7 Å². The van der Waals surface area contributed by atoms with Crippen LogP contribution in [0.25, 0.3) is 156 Å². The predicted octanol–water partition coefficient (Wildman–Crippen LogP) is 18.1. The third kappa shape index (κ3) is 5.61. The lowest BCUT2D eigenvalue weighted by Gasteiger charge is -2.13. The van der Waals surface area contributed by atoms with Crippen LogP contribution in [0.1, 0.15) is 0 Å². The van der Waals surface area contributed by atoms with Gasteiger partial charge in [0.15, 0.2) is 17.5 Å². The summed E-state index contributed by atoms with van der Waals surface area (Å²) in [5.74, 6) is 1.77. The molecule has 0 aliphatic rings. The maximum Gasteiger partial charge on any atom is 0.167 e. The topological polar surface area (TPSA) is 56.7 Å². The summed E-state index contributed by atoms with van der Waals surface area (Å²) < 4.78 is 14.3. The number of furan rings is 1. The standard InChI is InChI=1S/C63H34N4OS2/c1-3-13-37-31-52-49(28-35(37)11-1)50-29-36-12-2-4-14-38(36)32-53(50)67(52)42-23-26-43-41(27-42)30-51(60-59(43)48-17-5-8-18-54(48)68-60)63-65-61(39-21-24-46-44-15-6-9-19-55(44)69-57(46)33-39)64-62(66-63)40-22-25-47-45-16-7-10-20-56(45)70-58(47)34-40/h1-34H. The summed E-state index contributed by atoms with van der Waals surface area (Å²) in [5.41, 5.74) is 7.64. The number of benzene rings is 11. The van der Waals surface area contributed by atoms with E-state index in [9.17, 15) is 0 Å². The van der Waals surface area contributed by atoms with Crippen LogP contribution in [0.4, 0.5) is 0 Å². The van der Waals surface area contributed by atoms with E-state index in [2.05, 4.69) is 205 Å². The van der Waals surface area contributed by atoms with Crippen molar-refractivity contribution in [3.05, 3.63) is 206 Å². The monoisotopic (exact) mass is 926 g/mol. The molecule has 5 heterocycles. The van der Waals surface area contributed by atoms with Gasteiger partial charge in [0.1, 0.15) is 11.2 Å². The Morgan fingerprint density at radius 3 is 1.43 bits per heavy atom. The van der Waals surface area contributed by atoms with Crippen LogP contribution in [-0.4, -0.2) is 19.5 Å². The Morgan fingerprint density at radius 1 is 0.343 bits per heavy atom. The zero-order valence-electron chi connectivity index (χ0n) is 37.1. The summed E-state index contributed by atoms with van der Waals surface area (Å²) in [7, 11) is 0. The van der Waals surface area contributed by atoms with Crippen LogP contribution in [0.3, 0.4) is 0 Å². The molecule has 16 aromatic rings. The van der Waals surface area contributed by atoms with Crippen molar-refractivity contribution < 1.29 is 4.42 Å². The zero-order chi connectivity index (χ0) is 45.6. The van der Waals surface area contributed by atoms with Crippen molar-refractivity contribution in [3.8, 4) is 39.9 Å². The lowest BCUT2D eigenvalue weighted by molar-refractivity contribution is 0.670. The first-order valence-electron chi connectivity index (χ1n) is 23.5. The van der Waals surface area contributed by atoms with Crippen molar-refractivity contribution >= 4 is 139 Å². The summed E-state index contributed by atoms with van der Waals surface area (Å²) in [4.78, 5) is 16.1. The van der Waals surface area contributed by atoms with Gasteiger partial charge in [-0.1, -0.05) is 133 Å². The largest absolute Gasteiger partial charge is 0.455 e. The fourth-order valence-electron chi connectivity index (χ4n) is 11.1. The summed E-state index contributed by atoms with van der Waals surface area (Å²) in [6, 6.07) is 74.6. The smallest absolute Gasteiger partial charge is 0.167 e. The van der Waals surface area contributed by atoms with E-state index in [4.69, 9.17) is 19.4 Å². The number of thiophene rings is 2. The minimum atomic E-state index is 0.555. The van der Waals surface area contributed by atoms with E-state index in [1.807, 2.05) is 6.07 Å². The highest BCUT2D eigenvalue weighted by Crippen LogP contribution is 2.44. The number of rotatable bonds is 4. The molecule has 7 heteroatoms. The van der Waals surface area contributed by atoms with E-state index in [1.165, 1.54) is 72.7 Å². The van der Waals surface area contributed by atoms with Crippen molar-refractivity contribution in [1.29, 1.82) is 0 Å². The van der Waals surface area contributed by atoms with Gasteiger partial charge in [0.25, 0.3) is 0 Å². The van der Waals surface area contributed by atoms with Crippen molar-refractivity contribution in [1.82, 2.24) is 19.5 Å². The Labute approximate surface area is 406 Å². The number of para-hydroxylation sites is 1. The molecular formula is C63H34N4OS2. The van der Waals surface area contributed by atoms with Crippen molar-refractivity contribution in [3.63, 3.8) is 0 Å². The van der Waals surface area contributed by atoms with Gasteiger partial charge >= 0.3 is 0 Å². The predicted molar refractivity (Wildman–Crippen MR) is 296 cm³/mol. The minimum absolute atomic E-state index is 0.555. The Morgan fingerprint density at radius 2 is 0.829 bits per heavy atom. The number of aromatic nitrogens is 4. The van der Waals surface area contributed by atoms with Crippen LogP contribution in [0.2, 0.25) is 0 Å². The van der Waals surface area contributed by atoms with Crippen LogP contribution in [0.15, 0.2) is 211 Å². The van der Waals surface area contributed by atoms with E-state index in [0.717, 1.165) is 66.1 Å². The molecule has 0 aliphatic heterocycles. The third-order valence-corrected chi connectivity index (χ3v) is 16.6. The van der Waals surface area contributed by atoms with E-state index < -0.39 is 0 Å². The van der Waals surface area contributed by atoms with Crippen molar-refractivity contribution in [2.75, 3.05) is 0 Å². The molecule has 0 spiro atoms. The molecule has 0 unspecified atom stereocenters. The van der Waals surface area contributed by atoms with E-state index in [1.54, 1.807) is 22.7 Å². The van der Waals surface area contributed by atoms with Gasteiger partial charge in [-0.25, -0.2) is 15.0 Å². The Balaban J connectivity index is 0.967. The lowest BCUT2D eigenvalue weighted by Crippen LogP contribution is -2.00. The Kier molecular flexibility index (Phi) is 7.86. The van der Waals surface area contributed by atoms with Crippen molar-refractivity contribution in [2.24, 2.45) is 0 Å². The first kappa shape index (κ1) is 38.2. The van der Waals surface area contributed by atoms with Gasteiger partial charge in [-0.2, -0.15) is 0 Å². The second kappa shape index (κ2) is 14.4. The maximum atomic E-state index is 6.92. The van der Waals surface area contributed by atoms with Gasteiger partial charge in [0, 0.05) is 78.7 Å². The van der Waals surface area contributed by atoms with Crippen LogP contribution < -0.4 is 0 Å². The molecular weight excluding hydrogens is 893 g/mol. The first-order valence-corrected chi connectivity index (χ1v) is 25.1. The van der Waals surface area contributed by atoms with Crippen LogP contribution in [0.5, 0.6) is 0 Å². The summed E-state index contributed by atoms with van der Waals surface area (Å²) in [6.07, 6.45) is 0. The van der Waals surface area contributed by atoms with Crippen LogP contribution in [0, 0.1) is 0 Å². The SMILES string of the molecule is c1ccc2cc3c(cc2c1)c1cc2ccccc2cc1n3-c1ccc2c(c1)cc(-c1nc(-c3ccc4c(c3)sc3ccccc34)nc(-c3ccc4c(c3)sc3ccccc34)n1)c1oc3ccccc3c12. The number of hydrogen-bond donors (Lipinski definition) is 0. The fraction of sp³-hybridized carbons (Fsp3) is 0. The lowest BCUT2D eigenvalue weighted by atomic mass is 9.99. The van der Waals surface area contributed by atoms with E-state index >= 15 is 0 Å². The normalized spacial score (nSPS) is 12.3. The van der Waals surface area contributed by atoms with Gasteiger partial charge in [0.05, 0.1) is 16.6 Å². The Bertz CT molecular complexity index is 4690. The molecule has 5 nitrogen and oxygen atoms in total. The highest BCUT2D eigenvalue weighted by molar-refractivity contribution is 7.26. The summed E-state index contributed by atoms with van der Waals surface area (Å²) >= 11 is 3.59. The molecule has 16 rings (SSSR count). The second-order valence-corrected chi connectivity index (χ2v) is 20.5. The Hall–Kier alpha value is -8.75. The second-order valence-electron chi connectivity index (χ2n) is 18.3. The zero-order valence-corrected chi connectivity index (χ0v) is 38.8. The van der Waals surface area contributed by atoms with Crippen LogP contribution >= 0.6 is 22.7 Å². The van der Waals surface area contributed by atoms with Crippen LogP contribution in [-0.2, 0) is 0 Å².